The smallest absolute Gasteiger partial charge is 0.264 e. The average molecular weight is 436 g/mol. The maximum absolute atomic E-state index is 13.0. The maximum Gasteiger partial charge on any atom is 0.264 e. The Morgan fingerprint density at radius 2 is 2.00 bits per heavy atom. The van der Waals surface area contributed by atoms with Gasteiger partial charge in [-0.2, -0.15) is 0 Å². The summed E-state index contributed by atoms with van der Waals surface area (Å²) in [7, 11) is 0. The average Bonchev–Trinajstić information content (AvgIpc) is 3.32. The van der Waals surface area contributed by atoms with Gasteiger partial charge < -0.3 is 14.6 Å². The number of aliphatic imine (C=N–C) groups is 1. The second kappa shape index (κ2) is 7.28. The topological polar surface area (TPSA) is 57.8 Å². The van der Waals surface area contributed by atoms with E-state index in [-0.39, 0.29) is 11.7 Å². The monoisotopic (exact) mass is 435 g/mol. The summed E-state index contributed by atoms with van der Waals surface area (Å²) >= 11 is 4.76. The number of carbonyl (C=O) groups excluding carboxylic acids is 1. The Hall–Kier alpha value is -2.06. The van der Waals surface area contributed by atoms with Crippen molar-refractivity contribution in [1.82, 2.24) is 5.32 Å². The molecule has 5 nitrogen and oxygen atoms in total. The van der Waals surface area contributed by atoms with E-state index in [0.717, 1.165) is 36.3 Å². The van der Waals surface area contributed by atoms with E-state index in [0.29, 0.717) is 21.5 Å². The number of amidine groups is 1. The van der Waals surface area contributed by atoms with Gasteiger partial charge in [0, 0.05) is 25.2 Å². The molecule has 0 aliphatic carbocycles. The van der Waals surface area contributed by atoms with Crippen molar-refractivity contribution >= 4 is 56.4 Å². The van der Waals surface area contributed by atoms with Crippen molar-refractivity contribution in [3.63, 3.8) is 0 Å². The van der Waals surface area contributed by atoms with Gasteiger partial charge in [-0.1, -0.05) is 0 Å². The molecule has 134 valence electrons. The second-order valence-corrected chi connectivity index (χ2v) is 7.84. The minimum atomic E-state index is -0.324. The number of rotatable bonds is 3. The highest BCUT2D eigenvalue weighted by atomic mass is 79.9. The normalized spacial score (nSPS) is 20.4. The molecule has 26 heavy (non-hydrogen) atoms. The quantitative estimate of drug-likeness (QED) is 0.711. The van der Waals surface area contributed by atoms with Crippen molar-refractivity contribution in [2.24, 2.45) is 4.99 Å². The maximum atomic E-state index is 13.0. The lowest BCUT2D eigenvalue weighted by molar-refractivity contribution is -0.115. The van der Waals surface area contributed by atoms with Crippen LogP contribution in [0.15, 0.2) is 49.1 Å². The number of anilines is 1. The minimum absolute atomic E-state index is 0.230. The predicted octanol–water partition coefficient (Wildman–Crippen LogP) is 4.67. The van der Waals surface area contributed by atoms with E-state index >= 15 is 0 Å². The van der Waals surface area contributed by atoms with Crippen molar-refractivity contribution in [1.29, 1.82) is 0 Å². The number of halogens is 2. The molecule has 1 amide bonds. The van der Waals surface area contributed by atoms with Gasteiger partial charge in [0.15, 0.2) is 5.17 Å². The number of nitrogens with zero attached hydrogens (tertiary/aromatic N) is 2. The standard InChI is InChI=1S/C18H15BrFN3O2S/c19-14-9-13(25-17(14)23-7-1-2-8-23)10-15-16(24)22-18(26-15)21-12-5-3-11(20)4-6-12/h3-6,9-10H,1-2,7-8H2,(H,21,22,24)/b15-10-. The van der Waals surface area contributed by atoms with Gasteiger partial charge in [0.2, 0.25) is 5.88 Å². The highest BCUT2D eigenvalue weighted by Gasteiger charge is 2.25. The van der Waals surface area contributed by atoms with Gasteiger partial charge in [-0.15, -0.1) is 0 Å². The summed E-state index contributed by atoms with van der Waals surface area (Å²) in [6, 6.07) is 7.64. The molecule has 1 aromatic heterocycles. The summed E-state index contributed by atoms with van der Waals surface area (Å²) in [5.74, 6) is 0.860. The van der Waals surface area contributed by atoms with E-state index < -0.39 is 0 Å². The fraction of sp³-hybridized carbons (Fsp3) is 0.222. The van der Waals surface area contributed by atoms with Gasteiger partial charge in [0.1, 0.15) is 11.6 Å². The highest BCUT2D eigenvalue weighted by Crippen LogP contribution is 2.35. The molecule has 0 spiro atoms. The highest BCUT2D eigenvalue weighted by molar-refractivity contribution is 9.10. The Morgan fingerprint density at radius 3 is 2.73 bits per heavy atom. The molecule has 0 unspecified atom stereocenters. The first-order valence-corrected chi connectivity index (χ1v) is 9.79. The fourth-order valence-corrected chi connectivity index (χ4v) is 4.21. The van der Waals surface area contributed by atoms with Crippen LogP contribution in [0.25, 0.3) is 6.08 Å². The van der Waals surface area contributed by atoms with Gasteiger partial charge in [-0.05, 0) is 64.8 Å². The zero-order valence-corrected chi connectivity index (χ0v) is 16.1. The minimum Gasteiger partial charge on any atom is -0.440 e. The molecular formula is C18H15BrFN3O2S. The molecule has 0 saturated carbocycles. The summed E-state index contributed by atoms with van der Waals surface area (Å²) in [5, 5.41) is 3.17. The van der Waals surface area contributed by atoms with E-state index in [4.69, 9.17) is 4.42 Å². The largest absolute Gasteiger partial charge is 0.440 e. The molecule has 0 atom stereocenters. The molecule has 3 heterocycles. The van der Waals surface area contributed by atoms with Crippen LogP contribution in [-0.2, 0) is 4.79 Å². The van der Waals surface area contributed by atoms with Crippen molar-refractivity contribution in [3.8, 4) is 0 Å². The fourth-order valence-electron chi connectivity index (χ4n) is 2.83. The number of furan rings is 1. The third-order valence-electron chi connectivity index (χ3n) is 4.06. The van der Waals surface area contributed by atoms with Crippen LogP contribution in [0, 0.1) is 5.82 Å². The molecule has 1 aromatic carbocycles. The molecule has 8 heteroatoms. The number of hydrogen-bond acceptors (Lipinski definition) is 5. The molecule has 4 rings (SSSR count). The van der Waals surface area contributed by atoms with Crippen LogP contribution in [0.1, 0.15) is 18.6 Å². The predicted molar refractivity (Wildman–Crippen MR) is 105 cm³/mol. The van der Waals surface area contributed by atoms with Crippen LogP contribution in [0.4, 0.5) is 16.0 Å². The summed E-state index contributed by atoms with van der Waals surface area (Å²) < 4.78 is 19.8. The van der Waals surface area contributed by atoms with Gasteiger partial charge in [-0.25, -0.2) is 9.38 Å². The van der Waals surface area contributed by atoms with Gasteiger partial charge >= 0.3 is 0 Å². The molecule has 2 aromatic rings. The number of amides is 1. The molecule has 2 fully saturated rings. The van der Waals surface area contributed by atoms with E-state index in [2.05, 4.69) is 31.1 Å². The lowest BCUT2D eigenvalue weighted by Gasteiger charge is -2.13. The Bertz CT molecular complexity index is 902. The SMILES string of the molecule is O=C1NC(=Nc2ccc(F)cc2)S/C1=C\c1cc(Br)c(N2CCCC2)o1. The number of nitrogens with one attached hydrogen (secondary N) is 1. The van der Waals surface area contributed by atoms with Crippen LogP contribution in [0.3, 0.4) is 0 Å². The lowest BCUT2D eigenvalue weighted by Crippen LogP contribution is -2.19. The first kappa shape index (κ1) is 17.4. The van der Waals surface area contributed by atoms with Crippen molar-refractivity contribution in [2.75, 3.05) is 18.0 Å². The first-order valence-electron chi connectivity index (χ1n) is 8.18. The van der Waals surface area contributed by atoms with E-state index in [1.54, 1.807) is 18.2 Å². The van der Waals surface area contributed by atoms with Crippen LogP contribution >= 0.6 is 27.7 Å². The van der Waals surface area contributed by atoms with E-state index in [1.807, 2.05) is 6.07 Å². The van der Waals surface area contributed by atoms with Crippen LogP contribution in [0.5, 0.6) is 0 Å². The molecular weight excluding hydrogens is 421 g/mol. The van der Waals surface area contributed by atoms with Gasteiger partial charge in [0.05, 0.1) is 15.1 Å². The number of hydrogen-bond donors (Lipinski definition) is 1. The van der Waals surface area contributed by atoms with Crippen molar-refractivity contribution in [2.45, 2.75) is 12.8 Å². The zero-order chi connectivity index (χ0) is 18.1. The summed E-state index contributed by atoms with van der Waals surface area (Å²) in [6.45, 7) is 1.96. The third-order valence-corrected chi connectivity index (χ3v) is 5.54. The number of benzene rings is 1. The molecule has 0 radical (unpaired) electrons. The second-order valence-electron chi connectivity index (χ2n) is 5.95. The molecule has 2 saturated heterocycles. The Morgan fingerprint density at radius 1 is 1.27 bits per heavy atom. The first-order chi connectivity index (χ1) is 12.6. The third kappa shape index (κ3) is 3.71. The Kier molecular flexibility index (Phi) is 4.86. The summed E-state index contributed by atoms with van der Waals surface area (Å²) in [5.41, 5.74) is 0.576. The van der Waals surface area contributed by atoms with Gasteiger partial charge in [-0.3, -0.25) is 4.79 Å². The molecule has 0 bridgehead atoms. The molecule has 1 N–H and O–H groups in total. The van der Waals surface area contributed by atoms with Crippen LogP contribution in [-0.4, -0.2) is 24.2 Å². The lowest BCUT2D eigenvalue weighted by atomic mass is 10.3. The summed E-state index contributed by atoms with van der Waals surface area (Å²) in [6.07, 6.45) is 4.02. The van der Waals surface area contributed by atoms with Crippen molar-refractivity contribution in [3.05, 3.63) is 51.3 Å². The van der Waals surface area contributed by atoms with E-state index in [1.165, 1.54) is 23.9 Å². The van der Waals surface area contributed by atoms with Gasteiger partial charge in [0.25, 0.3) is 5.91 Å². The number of carbonyl (C=O) groups is 1. The van der Waals surface area contributed by atoms with E-state index in [9.17, 15) is 9.18 Å². The molecule has 2 aliphatic rings. The molecule has 2 aliphatic heterocycles. The van der Waals surface area contributed by atoms with Crippen LogP contribution < -0.4 is 10.2 Å². The Labute approximate surface area is 162 Å². The number of thioether (sulfide) groups is 1. The summed E-state index contributed by atoms with van der Waals surface area (Å²) in [4.78, 5) is 19.2. The van der Waals surface area contributed by atoms with Crippen molar-refractivity contribution < 1.29 is 13.6 Å². The Balaban J connectivity index is 1.53. The zero-order valence-electron chi connectivity index (χ0n) is 13.7. The van der Waals surface area contributed by atoms with Crippen LogP contribution in [0.2, 0.25) is 0 Å².